The first-order valence-electron chi connectivity index (χ1n) is 17.2. The van der Waals surface area contributed by atoms with Crippen LogP contribution in [0.4, 0.5) is 22.7 Å². The molecule has 6 nitrogen and oxygen atoms in total. The number of aliphatic hydroxyl groups is 2. The van der Waals surface area contributed by atoms with E-state index in [4.69, 9.17) is 0 Å². The summed E-state index contributed by atoms with van der Waals surface area (Å²) in [4.78, 5) is 5.21. The van der Waals surface area contributed by atoms with Crippen molar-refractivity contribution in [3.63, 3.8) is 0 Å². The third-order valence-corrected chi connectivity index (χ3v) is 9.48. The Bertz CT molecular complexity index is 1100. The predicted octanol–water partition coefficient (Wildman–Crippen LogP) is 7.35. The maximum atomic E-state index is 9.33. The Labute approximate surface area is 270 Å². The molecule has 1 heterocycles. The molecule has 1 aliphatic heterocycles. The van der Waals surface area contributed by atoms with Gasteiger partial charge in [0.2, 0.25) is 0 Å². The quantitative estimate of drug-likeness (QED) is 0.154. The lowest BCUT2D eigenvalue weighted by Gasteiger charge is -2.42. The number of fused-ring (bicyclic) bond motifs is 2. The minimum absolute atomic E-state index is 0.0776. The molecule has 0 spiro atoms. The first-order valence-corrected chi connectivity index (χ1v) is 17.2. The van der Waals surface area contributed by atoms with E-state index in [9.17, 15) is 10.2 Å². The summed E-state index contributed by atoms with van der Waals surface area (Å²) in [5.74, 6) is 0. The van der Waals surface area contributed by atoms with Gasteiger partial charge in [-0.15, -0.1) is 0 Å². The van der Waals surface area contributed by atoms with Crippen LogP contribution >= 0.6 is 0 Å². The summed E-state index contributed by atoms with van der Waals surface area (Å²) in [6, 6.07) is 14.4. The average Bonchev–Trinajstić information content (AvgIpc) is 2.94. The summed E-state index contributed by atoms with van der Waals surface area (Å²) in [5.41, 5.74) is 8.22. The number of nitrogens with zero attached hydrogens (tertiary/aromatic N) is 4. The number of anilines is 4. The molecule has 0 aliphatic carbocycles. The van der Waals surface area contributed by atoms with Gasteiger partial charge in [0, 0.05) is 39.1 Å². The van der Waals surface area contributed by atoms with Crippen LogP contribution < -0.4 is 9.80 Å². The maximum absolute atomic E-state index is 9.33. The highest BCUT2D eigenvalue weighted by Gasteiger charge is 2.31. The topological polar surface area (TPSA) is 46.9 Å². The van der Waals surface area contributed by atoms with E-state index in [1.54, 1.807) is 0 Å². The van der Waals surface area contributed by atoms with E-state index in [0.29, 0.717) is 0 Å². The van der Waals surface area contributed by atoms with Crippen LogP contribution in [0.15, 0.2) is 36.4 Å². The van der Waals surface area contributed by atoms with Gasteiger partial charge in [0.1, 0.15) is 0 Å². The Morgan fingerprint density at radius 2 is 0.841 bits per heavy atom. The van der Waals surface area contributed by atoms with Crippen LogP contribution in [0.5, 0.6) is 0 Å². The number of unbranched alkanes of at least 4 members (excludes halogenated alkanes) is 2. The number of aliphatic hydroxyl groups excluding tert-OH is 2. The molecule has 0 aromatic heterocycles. The molecule has 2 N–H and O–H groups in total. The lowest BCUT2D eigenvalue weighted by Crippen LogP contribution is -2.42. The molecule has 0 fully saturated rings. The van der Waals surface area contributed by atoms with Gasteiger partial charge in [-0.05, 0) is 71.9 Å². The van der Waals surface area contributed by atoms with Gasteiger partial charge in [0.05, 0.1) is 77.1 Å². The van der Waals surface area contributed by atoms with Crippen molar-refractivity contribution in [3.05, 3.63) is 47.5 Å². The Morgan fingerprint density at radius 1 is 0.500 bits per heavy atom. The van der Waals surface area contributed by atoms with Crippen molar-refractivity contribution in [2.24, 2.45) is 0 Å². The second kappa shape index (κ2) is 15.0. The average molecular weight is 611 g/mol. The molecule has 2 aromatic rings. The SMILES string of the molecule is CC(C)(C)c1ccc2c(c1)N(CCCC[N+](C)(C)CCCO)c1ccc(C(C)(C)C)cc1N2CCCC[N+](C)(C)CCCO. The molecular weight excluding hydrogens is 544 g/mol. The van der Waals surface area contributed by atoms with Gasteiger partial charge in [0.15, 0.2) is 0 Å². The van der Waals surface area contributed by atoms with E-state index in [1.165, 1.54) is 33.9 Å². The largest absolute Gasteiger partial charge is 0.396 e. The van der Waals surface area contributed by atoms with Crippen LogP contribution in [-0.2, 0) is 10.8 Å². The second-order valence-corrected chi connectivity index (χ2v) is 16.5. The molecule has 2 aromatic carbocycles. The molecule has 0 radical (unpaired) electrons. The van der Waals surface area contributed by atoms with E-state index in [-0.39, 0.29) is 24.0 Å². The monoisotopic (exact) mass is 611 g/mol. The standard InChI is InChI=1S/C38H66N4O2/c1-37(2,3)31-17-19-33-35(29-31)39(21-11-13-23-41(7,8)25-15-27-43)34-20-18-32(38(4,5)6)30-36(34)40(33)22-12-14-24-42(9,10)26-16-28-44/h17-20,29-30,43-44H,11-16,21-28H2,1-10H3/q+2. The fourth-order valence-corrected chi connectivity index (χ4v) is 6.45. The van der Waals surface area contributed by atoms with E-state index < -0.39 is 0 Å². The van der Waals surface area contributed by atoms with E-state index in [1.807, 2.05) is 0 Å². The normalized spacial score (nSPS) is 14.2. The summed E-state index contributed by atoms with van der Waals surface area (Å²) >= 11 is 0. The van der Waals surface area contributed by atoms with Gasteiger partial charge >= 0.3 is 0 Å². The lowest BCUT2D eigenvalue weighted by atomic mass is 9.85. The summed E-state index contributed by atoms with van der Waals surface area (Å²) in [6.07, 6.45) is 6.29. The summed E-state index contributed by atoms with van der Waals surface area (Å²) in [6.45, 7) is 20.7. The molecule has 0 saturated heterocycles. The summed E-state index contributed by atoms with van der Waals surface area (Å²) in [7, 11) is 9.15. The Morgan fingerprint density at radius 3 is 1.16 bits per heavy atom. The highest BCUT2D eigenvalue weighted by molar-refractivity contribution is 5.94. The van der Waals surface area contributed by atoms with E-state index in [2.05, 4.69) is 116 Å². The zero-order valence-electron chi connectivity index (χ0n) is 30.0. The highest BCUT2D eigenvalue weighted by atomic mass is 16.3. The van der Waals surface area contributed by atoms with Crippen LogP contribution in [-0.4, -0.2) is 99.9 Å². The molecule has 0 bridgehead atoms. The first kappa shape index (κ1) is 36.3. The van der Waals surface area contributed by atoms with Crippen molar-refractivity contribution in [2.75, 3.05) is 90.5 Å². The van der Waals surface area contributed by atoms with Crippen LogP contribution in [0.1, 0.15) is 91.2 Å². The fraction of sp³-hybridized carbons (Fsp3) is 0.684. The third-order valence-electron chi connectivity index (χ3n) is 9.48. The molecule has 1 aliphatic rings. The molecule has 0 atom stereocenters. The zero-order valence-corrected chi connectivity index (χ0v) is 30.0. The van der Waals surface area contributed by atoms with Crippen molar-refractivity contribution < 1.29 is 19.2 Å². The Hall–Kier alpha value is -2.12. The van der Waals surface area contributed by atoms with E-state index in [0.717, 1.165) is 86.8 Å². The lowest BCUT2D eigenvalue weighted by molar-refractivity contribution is -0.890. The predicted molar refractivity (Wildman–Crippen MR) is 190 cm³/mol. The van der Waals surface area contributed by atoms with Gasteiger partial charge in [-0.1, -0.05) is 53.7 Å². The fourth-order valence-electron chi connectivity index (χ4n) is 6.45. The van der Waals surface area contributed by atoms with Crippen molar-refractivity contribution in [1.29, 1.82) is 0 Å². The van der Waals surface area contributed by atoms with Crippen LogP contribution in [0, 0.1) is 0 Å². The Kier molecular flexibility index (Phi) is 12.4. The summed E-state index contributed by atoms with van der Waals surface area (Å²) in [5, 5.41) is 18.7. The highest BCUT2D eigenvalue weighted by Crippen LogP contribution is 2.50. The van der Waals surface area contributed by atoms with Gasteiger partial charge in [-0.2, -0.15) is 0 Å². The molecule has 0 saturated carbocycles. The van der Waals surface area contributed by atoms with Gasteiger partial charge in [0.25, 0.3) is 0 Å². The van der Waals surface area contributed by atoms with Gasteiger partial charge in [-0.25, -0.2) is 0 Å². The third kappa shape index (κ3) is 9.94. The van der Waals surface area contributed by atoms with Crippen LogP contribution in [0.3, 0.4) is 0 Å². The minimum atomic E-state index is 0.0776. The molecule has 3 rings (SSSR count). The van der Waals surface area contributed by atoms with Crippen LogP contribution in [0.25, 0.3) is 0 Å². The molecule has 6 heteroatoms. The van der Waals surface area contributed by atoms with Crippen molar-refractivity contribution in [2.45, 2.75) is 90.9 Å². The Balaban J connectivity index is 1.95. The van der Waals surface area contributed by atoms with E-state index >= 15 is 0 Å². The number of quaternary nitrogens is 2. The molecule has 0 amide bonds. The first-order chi connectivity index (χ1) is 20.5. The second-order valence-electron chi connectivity index (χ2n) is 16.5. The van der Waals surface area contributed by atoms with Crippen molar-refractivity contribution in [1.82, 2.24) is 0 Å². The van der Waals surface area contributed by atoms with Crippen molar-refractivity contribution >= 4 is 22.7 Å². The molecule has 0 unspecified atom stereocenters. The number of hydrogen-bond acceptors (Lipinski definition) is 4. The van der Waals surface area contributed by atoms with Gasteiger partial charge in [-0.3, -0.25) is 0 Å². The number of rotatable bonds is 16. The molecular formula is C38H66N4O2+2. The van der Waals surface area contributed by atoms with Crippen LogP contribution in [0.2, 0.25) is 0 Å². The molecule has 44 heavy (non-hydrogen) atoms. The molecule has 248 valence electrons. The smallest absolute Gasteiger partial charge is 0.0804 e. The minimum Gasteiger partial charge on any atom is -0.396 e. The number of hydrogen-bond donors (Lipinski definition) is 2. The van der Waals surface area contributed by atoms with Gasteiger partial charge < -0.3 is 29.0 Å². The summed E-state index contributed by atoms with van der Waals surface area (Å²) < 4.78 is 1.92. The van der Waals surface area contributed by atoms with Crippen molar-refractivity contribution in [3.8, 4) is 0 Å². The zero-order chi connectivity index (χ0) is 32.8. The number of benzene rings is 2. The maximum Gasteiger partial charge on any atom is 0.0804 e.